The maximum Gasteiger partial charge on any atom is 0.251 e. The van der Waals surface area contributed by atoms with Crippen LogP contribution in [0.25, 0.3) is 11.1 Å². The Morgan fingerprint density at radius 3 is 2.93 bits per heavy atom. The first-order valence-corrected chi connectivity index (χ1v) is 9.35. The topological polar surface area (TPSA) is 71.8 Å². The molecule has 1 aliphatic rings. The molecule has 144 valence electrons. The molecule has 3 aromatic rings. The zero-order valence-electron chi connectivity index (χ0n) is 15.7. The lowest BCUT2D eigenvalue weighted by Crippen LogP contribution is -2.26. The number of benzene rings is 2. The molecule has 0 radical (unpaired) electrons. The third kappa shape index (κ3) is 3.94. The van der Waals surface area contributed by atoms with Crippen molar-refractivity contribution in [2.45, 2.75) is 19.4 Å². The zero-order valence-corrected chi connectivity index (χ0v) is 15.7. The van der Waals surface area contributed by atoms with E-state index in [1.165, 1.54) is 29.6 Å². The van der Waals surface area contributed by atoms with E-state index in [1.54, 1.807) is 17.8 Å². The molecular formula is C21H22FN5O. The molecule has 2 heterocycles. The van der Waals surface area contributed by atoms with E-state index in [2.05, 4.69) is 32.8 Å². The van der Waals surface area contributed by atoms with Gasteiger partial charge >= 0.3 is 0 Å². The molecule has 1 aliphatic heterocycles. The van der Waals surface area contributed by atoms with Gasteiger partial charge in [-0.25, -0.2) is 9.37 Å². The Bertz CT molecular complexity index is 1010. The van der Waals surface area contributed by atoms with Crippen molar-refractivity contribution in [2.75, 3.05) is 13.1 Å². The van der Waals surface area contributed by atoms with Gasteiger partial charge in [-0.15, -0.1) is 0 Å². The van der Waals surface area contributed by atoms with Crippen LogP contribution in [0, 0.1) is 5.82 Å². The molecule has 0 saturated heterocycles. The number of hydrogen-bond donors (Lipinski definition) is 2. The van der Waals surface area contributed by atoms with Gasteiger partial charge in [0, 0.05) is 32.1 Å². The van der Waals surface area contributed by atoms with Crippen LogP contribution < -0.4 is 10.6 Å². The fourth-order valence-corrected chi connectivity index (χ4v) is 3.48. The van der Waals surface area contributed by atoms with E-state index in [-0.39, 0.29) is 5.91 Å². The maximum absolute atomic E-state index is 14.2. The van der Waals surface area contributed by atoms with Crippen molar-refractivity contribution in [2.24, 2.45) is 7.05 Å². The van der Waals surface area contributed by atoms with Crippen LogP contribution in [-0.4, -0.2) is 33.8 Å². The Morgan fingerprint density at radius 1 is 1.21 bits per heavy atom. The highest BCUT2D eigenvalue weighted by molar-refractivity contribution is 5.95. The van der Waals surface area contributed by atoms with Crippen LogP contribution in [0.4, 0.5) is 4.39 Å². The van der Waals surface area contributed by atoms with E-state index in [1.807, 2.05) is 6.07 Å². The second-order valence-corrected chi connectivity index (χ2v) is 6.94. The number of fused-ring (bicyclic) bond motifs is 1. The van der Waals surface area contributed by atoms with Crippen molar-refractivity contribution < 1.29 is 9.18 Å². The Balaban J connectivity index is 1.50. The number of hydrogen-bond acceptors (Lipinski definition) is 4. The Morgan fingerprint density at radius 2 is 2.11 bits per heavy atom. The summed E-state index contributed by atoms with van der Waals surface area (Å²) >= 11 is 0. The van der Waals surface area contributed by atoms with Gasteiger partial charge < -0.3 is 10.6 Å². The van der Waals surface area contributed by atoms with Crippen molar-refractivity contribution in [1.29, 1.82) is 0 Å². The van der Waals surface area contributed by atoms with Gasteiger partial charge in [0.25, 0.3) is 5.91 Å². The lowest BCUT2D eigenvalue weighted by atomic mass is 9.95. The van der Waals surface area contributed by atoms with Gasteiger partial charge in [0.2, 0.25) is 0 Å². The molecule has 2 N–H and O–H groups in total. The van der Waals surface area contributed by atoms with Gasteiger partial charge in [-0.3, -0.25) is 9.48 Å². The number of halogens is 1. The van der Waals surface area contributed by atoms with Gasteiger partial charge in [0.1, 0.15) is 18.0 Å². The lowest BCUT2D eigenvalue weighted by Gasteiger charge is -2.18. The van der Waals surface area contributed by atoms with Crippen LogP contribution in [0.2, 0.25) is 0 Å². The molecule has 0 aliphatic carbocycles. The third-order valence-electron chi connectivity index (χ3n) is 5.03. The fourth-order valence-electron chi connectivity index (χ4n) is 3.48. The first kappa shape index (κ1) is 18.3. The Labute approximate surface area is 162 Å². The van der Waals surface area contributed by atoms with Gasteiger partial charge in [-0.2, -0.15) is 5.10 Å². The highest BCUT2D eigenvalue weighted by Crippen LogP contribution is 2.26. The summed E-state index contributed by atoms with van der Waals surface area (Å²) in [6.07, 6.45) is 3.03. The van der Waals surface area contributed by atoms with Crippen LogP contribution in [0.3, 0.4) is 0 Å². The van der Waals surface area contributed by atoms with Gasteiger partial charge in [0.05, 0.1) is 0 Å². The predicted molar refractivity (Wildman–Crippen MR) is 104 cm³/mol. The lowest BCUT2D eigenvalue weighted by molar-refractivity contribution is 0.0953. The summed E-state index contributed by atoms with van der Waals surface area (Å²) < 4.78 is 15.9. The summed E-state index contributed by atoms with van der Waals surface area (Å²) in [6.45, 7) is 2.20. The number of carbonyl (C=O) groups is 1. The largest absolute Gasteiger partial charge is 0.352 e. The molecule has 0 spiro atoms. The van der Waals surface area contributed by atoms with Crippen LogP contribution in [-0.2, 0) is 26.4 Å². The van der Waals surface area contributed by atoms with Gasteiger partial charge in [-0.05, 0) is 59.5 Å². The number of aromatic nitrogens is 3. The first-order valence-electron chi connectivity index (χ1n) is 9.35. The molecular weight excluding hydrogens is 357 g/mol. The quantitative estimate of drug-likeness (QED) is 0.713. The first-order chi connectivity index (χ1) is 13.6. The van der Waals surface area contributed by atoms with Crippen LogP contribution in [0.15, 0.2) is 42.7 Å². The fraction of sp³-hybridized carbons (Fsp3) is 0.286. The molecule has 0 unspecified atom stereocenters. The van der Waals surface area contributed by atoms with E-state index < -0.39 is 5.82 Å². The van der Waals surface area contributed by atoms with Crippen LogP contribution >= 0.6 is 0 Å². The molecule has 6 nitrogen and oxygen atoms in total. The van der Waals surface area contributed by atoms with Crippen LogP contribution in [0.1, 0.15) is 27.3 Å². The molecule has 4 rings (SSSR count). The Hall–Kier alpha value is -3.06. The van der Waals surface area contributed by atoms with Crippen molar-refractivity contribution >= 4 is 5.91 Å². The monoisotopic (exact) mass is 379 g/mol. The minimum atomic E-state index is -0.424. The number of nitrogens with one attached hydrogen (secondary N) is 2. The Kier molecular flexibility index (Phi) is 5.16. The predicted octanol–water partition coefficient (Wildman–Crippen LogP) is 2.24. The molecule has 0 atom stereocenters. The minimum Gasteiger partial charge on any atom is -0.352 e. The van der Waals surface area contributed by atoms with Gasteiger partial charge in [0.15, 0.2) is 0 Å². The van der Waals surface area contributed by atoms with Crippen LogP contribution in [0.5, 0.6) is 0 Å². The smallest absolute Gasteiger partial charge is 0.251 e. The number of aryl methyl sites for hydroxylation is 1. The molecule has 1 aromatic heterocycles. The third-order valence-corrected chi connectivity index (χ3v) is 5.03. The number of carbonyl (C=O) groups excluding carboxylic acids is 1. The summed E-state index contributed by atoms with van der Waals surface area (Å²) in [7, 11) is 1.80. The average Bonchev–Trinajstić information content (AvgIpc) is 3.12. The second-order valence-electron chi connectivity index (χ2n) is 6.94. The summed E-state index contributed by atoms with van der Waals surface area (Å²) in [6, 6.07) is 10.6. The van der Waals surface area contributed by atoms with Crippen molar-refractivity contribution in [3.05, 3.63) is 71.1 Å². The summed E-state index contributed by atoms with van der Waals surface area (Å²) in [5.41, 5.74) is 4.47. The highest BCUT2D eigenvalue weighted by Gasteiger charge is 2.13. The number of amides is 1. The molecule has 0 saturated carbocycles. The standard InChI is InChI=1S/C21H22FN5O/c1-27-20(25-13-26-27)5-7-24-21(28)17-9-16(10-19(22)11-17)15-3-2-14-4-6-23-12-18(14)8-15/h2-3,8-11,13,23H,4-7,12H2,1H3,(H,24,28). The van der Waals surface area contributed by atoms with E-state index >= 15 is 0 Å². The molecule has 0 fully saturated rings. The van der Waals surface area contributed by atoms with E-state index in [9.17, 15) is 9.18 Å². The number of rotatable bonds is 5. The molecule has 28 heavy (non-hydrogen) atoms. The molecule has 2 aromatic carbocycles. The second kappa shape index (κ2) is 7.90. The normalized spacial score (nSPS) is 13.2. The van der Waals surface area contributed by atoms with E-state index in [0.29, 0.717) is 24.1 Å². The van der Waals surface area contributed by atoms with Crippen molar-refractivity contribution in [1.82, 2.24) is 25.4 Å². The van der Waals surface area contributed by atoms with E-state index in [0.717, 1.165) is 30.9 Å². The SMILES string of the molecule is Cn1ncnc1CCNC(=O)c1cc(F)cc(-c2ccc3c(c2)CNCC3)c1. The summed E-state index contributed by atoms with van der Waals surface area (Å²) in [5.74, 6) is 0.0530. The minimum absolute atomic E-state index is 0.303. The number of nitrogens with zero attached hydrogens (tertiary/aromatic N) is 3. The average molecular weight is 379 g/mol. The maximum atomic E-state index is 14.2. The molecule has 0 bridgehead atoms. The summed E-state index contributed by atoms with van der Waals surface area (Å²) in [5, 5.41) is 10.2. The molecule has 1 amide bonds. The summed E-state index contributed by atoms with van der Waals surface area (Å²) in [4.78, 5) is 16.6. The van der Waals surface area contributed by atoms with Crippen molar-refractivity contribution in [3.8, 4) is 11.1 Å². The van der Waals surface area contributed by atoms with Gasteiger partial charge in [-0.1, -0.05) is 12.1 Å². The zero-order chi connectivity index (χ0) is 19.5. The van der Waals surface area contributed by atoms with E-state index in [4.69, 9.17) is 0 Å². The molecule has 7 heteroatoms. The van der Waals surface area contributed by atoms with Crippen molar-refractivity contribution in [3.63, 3.8) is 0 Å². The highest BCUT2D eigenvalue weighted by atomic mass is 19.1.